The molecule has 0 heterocycles. The SMILES string of the molecule is Cc1cc(Cl)cc(C(Cl)Cc2cccc(F)c2)c1. The van der Waals surface area contributed by atoms with Gasteiger partial charge in [-0.2, -0.15) is 0 Å². The molecule has 2 aromatic rings. The summed E-state index contributed by atoms with van der Waals surface area (Å²) in [4.78, 5) is 0. The molecule has 0 amide bonds. The van der Waals surface area contributed by atoms with E-state index in [1.54, 1.807) is 6.07 Å². The molecule has 94 valence electrons. The van der Waals surface area contributed by atoms with Crippen molar-refractivity contribution in [3.8, 4) is 0 Å². The van der Waals surface area contributed by atoms with Gasteiger partial charge in [0.2, 0.25) is 0 Å². The summed E-state index contributed by atoms with van der Waals surface area (Å²) >= 11 is 12.4. The van der Waals surface area contributed by atoms with Crippen molar-refractivity contribution in [3.63, 3.8) is 0 Å². The van der Waals surface area contributed by atoms with Gasteiger partial charge in [-0.15, -0.1) is 11.6 Å². The predicted molar refractivity (Wildman–Crippen MR) is 74.9 cm³/mol. The van der Waals surface area contributed by atoms with E-state index in [1.807, 2.05) is 31.2 Å². The third kappa shape index (κ3) is 3.47. The molecular formula is C15H13Cl2F. The molecule has 2 rings (SSSR count). The third-order valence-electron chi connectivity index (χ3n) is 2.73. The van der Waals surface area contributed by atoms with Crippen LogP contribution in [0, 0.1) is 12.7 Å². The van der Waals surface area contributed by atoms with Crippen LogP contribution in [0.2, 0.25) is 5.02 Å². The monoisotopic (exact) mass is 282 g/mol. The normalized spacial score (nSPS) is 12.4. The summed E-state index contributed by atoms with van der Waals surface area (Å²) in [5, 5.41) is 0.471. The molecule has 3 heteroatoms. The number of benzene rings is 2. The standard InChI is InChI=1S/C15H13Cl2F/c1-10-5-12(9-13(16)6-10)15(17)8-11-3-2-4-14(18)7-11/h2-7,9,15H,8H2,1H3. The quantitative estimate of drug-likeness (QED) is 0.669. The van der Waals surface area contributed by atoms with Crippen LogP contribution in [-0.4, -0.2) is 0 Å². The number of hydrogen-bond donors (Lipinski definition) is 0. The van der Waals surface area contributed by atoms with Crippen LogP contribution < -0.4 is 0 Å². The molecule has 0 radical (unpaired) electrons. The molecule has 0 aromatic heterocycles. The van der Waals surface area contributed by atoms with Gasteiger partial charge < -0.3 is 0 Å². The summed E-state index contributed by atoms with van der Waals surface area (Å²) in [6.07, 6.45) is 0.582. The zero-order chi connectivity index (χ0) is 13.1. The van der Waals surface area contributed by atoms with E-state index in [-0.39, 0.29) is 11.2 Å². The minimum Gasteiger partial charge on any atom is -0.207 e. The zero-order valence-corrected chi connectivity index (χ0v) is 11.5. The van der Waals surface area contributed by atoms with Crippen LogP contribution in [-0.2, 0) is 6.42 Å². The van der Waals surface area contributed by atoms with Crippen LogP contribution in [0.15, 0.2) is 42.5 Å². The second kappa shape index (κ2) is 5.73. The molecule has 0 aliphatic rings. The van der Waals surface area contributed by atoms with Crippen molar-refractivity contribution in [2.75, 3.05) is 0 Å². The summed E-state index contributed by atoms with van der Waals surface area (Å²) in [7, 11) is 0. The number of halogens is 3. The molecular weight excluding hydrogens is 270 g/mol. The lowest BCUT2D eigenvalue weighted by atomic mass is 10.0. The molecule has 0 aliphatic heterocycles. The maximum atomic E-state index is 13.1. The smallest absolute Gasteiger partial charge is 0.123 e. The first-order valence-electron chi connectivity index (χ1n) is 5.70. The van der Waals surface area contributed by atoms with Crippen molar-refractivity contribution >= 4 is 23.2 Å². The summed E-state index contributed by atoms with van der Waals surface area (Å²) in [5.74, 6) is -0.237. The zero-order valence-electron chi connectivity index (χ0n) is 9.96. The van der Waals surface area contributed by atoms with Crippen LogP contribution in [0.4, 0.5) is 4.39 Å². The van der Waals surface area contributed by atoms with E-state index >= 15 is 0 Å². The number of alkyl halides is 1. The van der Waals surface area contributed by atoms with Crippen molar-refractivity contribution < 1.29 is 4.39 Å². The van der Waals surface area contributed by atoms with Crippen molar-refractivity contribution in [2.45, 2.75) is 18.7 Å². The first kappa shape index (κ1) is 13.4. The van der Waals surface area contributed by atoms with Gasteiger partial charge in [-0.25, -0.2) is 4.39 Å². The minimum atomic E-state index is -0.237. The minimum absolute atomic E-state index is 0.204. The van der Waals surface area contributed by atoms with Gasteiger partial charge >= 0.3 is 0 Å². The van der Waals surface area contributed by atoms with Crippen LogP contribution >= 0.6 is 23.2 Å². The van der Waals surface area contributed by atoms with E-state index < -0.39 is 0 Å². The first-order valence-corrected chi connectivity index (χ1v) is 6.51. The lowest BCUT2D eigenvalue weighted by Gasteiger charge is -2.11. The number of hydrogen-bond acceptors (Lipinski definition) is 0. The van der Waals surface area contributed by atoms with Gasteiger partial charge in [0, 0.05) is 5.02 Å². The predicted octanol–water partition coefficient (Wildman–Crippen LogP) is 5.31. The topological polar surface area (TPSA) is 0 Å². The molecule has 0 fully saturated rings. The van der Waals surface area contributed by atoms with E-state index in [1.165, 1.54) is 12.1 Å². The van der Waals surface area contributed by atoms with Gasteiger partial charge in [-0.05, 0) is 54.3 Å². The molecule has 1 atom stereocenters. The Balaban J connectivity index is 2.19. The van der Waals surface area contributed by atoms with Gasteiger partial charge in [-0.3, -0.25) is 0 Å². The van der Waals surface area contributed by atoms with Crippen LogP contribution in [0.5, 0.6) is 0 Å². The van der Waals surface area contributed by atoms with Gasteiger partial charge in [-0.1, -0.05) is 29.8 Å². The molecule has 1 unspecified atom stereocenters. The Labute approximate surface area is 116 Å². The van der Waals surface area contributed by atoms with Gasteiger partial charge in [0.25, 0.3) is 0 Å². The summed E-state index contributed by atoms with van der Waals surface area (Å²) in [6.45, 7) is 1.97. The summed E-state index contributed by atoms with van der Waals surface area (Å²) < 4.78 is 13.1. The second-order valence-electron chi connectivity index (χ2n) is 4.36. The number of rotatable bonds is 3. The molecule has 0 saturated heterocycles. The summed E-state index contributed by atoms with van der Waals surface area (Å²) in [6, 6.07) is 12.2. The van der Waals surface area contributed by atoms with E-state index in [2.05, 4.69) is 0 Å². The Bertz CT molecular complexity index is 532. The number of aryl methyl sites for hydroxylation is 1. The second-order valence-corrected chi connectivity index (χ2v) is 5.33. The van der Waals surface area contributed by atoms with Crippen molar-refractivity contribution in [1.82, 2.24) is 0 Å². The highest BCUT2D eigenvalue weighted by Crippen LogP contribution is 2.28. The Hall–Kier alpha value is -1.05. The van der Waals surface area contributed by atoms with E-state index in [4.69, 9.17) is 23.2 Å². The van der Waals surface area contributed by atoms with E-state index in [0.717, 1.165) is 16.7 Å². The Morgan fingerprint density at radius 3 is 2.61 bits per heavy atom. The highest BCUT2D eigenvalue weighted by atomic mass is 35.5. The highest BCUT2D eigenvalue weighted by Gasteiger charge is 2.10. The first-order chi connectivity index (χ1) is 8.54. The molecule has 0 nitrogen and oxygen atoms in total. The molecule has 2 aromatic carbocycles. The van der Waals surface area contributed by atoms with Crippen LogP contribution in [0.1, 0.15) is 22.1 Å². The third-order valence-corrected chi connectivity index (χ3v) is 3.35. The van der Waals surface area contributed by atoms with Crippen molar-refractivity contribution in [2.24, 2.45) is 0 Å². The molecule has 0 bridgehead atoms. The fourth-order valence-corrected chi connectivity index (χ4v) is 2.54. The molecule has 0 N–H and O–H groups in total. The maximum Gasteiger partial charge on any atom is 0.123 e. The molecule has 0 spiro atoms. The van der Waals surface area contributed by atoms with Gasteiger partial charge in [0.05, 0.1) is 5.38 Å². The average molecular weight is 283 g/mol. The Kier molecular flexibility index (Phi) is 4.26. The van der Waals surface area contributed by atoms with E-state index in [0.29, 0.717) is 11.4 Å². The van der Waals surface area contributed by atoms with Crippen molar-refractivity contribution in [1.29, 1.82) is 0 Å². The summed E-state index contributed by atoms with van der Waals surface area (Å²) in [5.41, 5.74) is 2.92. The Morgan fingerprint density at radius 2 is 1.94 bits per heavy atom. The molecule has 18 heavy (non-hydrogen) atoms. The van der Waals surface area contributed by atoms with Gasteiger partial charge in [0.15, 0.2) is 0 Å². The average Bonchev–Trinajstić information content (AvgIpc) is 2.27. The molecule has 0 saturated carbocycles. The van der Waals surface area contributed by atoms with Crippen molar-refractivity contribution in [3.05, 3.63) is 70.0 Å². The Morgan fingerprint density at radius 1 is 1.17 bits per heavy atom. The lowest BCUT2D eigenvalue weighted by molar-refractivity contribution is 0.625. The molecule has 0 aliphatic carbocycles. The van der Waals surface area contributed by atoms with Gasteiger partial charge in [0.1, 0.15) is 5.82 Å². The van der Waals surface area contributed by atoms with Crippen LogP contribution in [0.3, 0.4) is 0 Å². The maximum absolute atomic E-state index is 13.1. The fourth-order valence-electron chi connectivity index (χ4n) is 1.93. The van der Waals surface area contributed by atoms with E-state index in [9.17, 15) is 4.39 Å². The largest absolute Gasteiger partial charge is 0.207 e. The highest BCUT2D eigenvalue weighted by molar-refractivity contribution is 6.30. The fraction of sp³-hybridized carbons (Fsp3) is 0.200. The van der Waals surface area contributed by atoms with Crippen LogP contribution in [0.25, 0.3) is 0 Å². The lowest BCUT2D eigenvalue weighted by Crippen LogP contribution is -1.97.